The molecule has 0 fully saturated rings. The zero-order valence-electron chi connectivity index (χ0n) is 16.6. The number of nitrogens with zero attached hydrogens (tertiary/aromatic N) is 2. The molecule has 7 nitrogen and oxygen atoms in total. The van der Waals surface area contributed by atoms with Crippen LogP contribution < -0.4 is 4.72 Å². The number of nitrogens with one attached hydrogen (secondary N) is 1. The third-order valence-corrected chi connectivity index (χ3v) is 6.72. The molecule has 33 heavy (non-hydrogen) atoms. The molecule has 0 saturated carbocycles. The molecule has 4 rings (SSSR count). The zero-order valence-corrected chi connectivity index (χ0v) is 18.9. The number of hydrogen-bond acceptors (Lipinski definition) is 5. The summed E-state index contributed by atoms with van der Waals surface area (Å²) in [6.07, 6.45) is 2.63. The van der Waals surface area contributed by atoms with Crippen LogP contribution in [0.3, 0.4) is 0 Å². The van der Waals surface area contributed by atoms with Crippen molar-refractivity contribution in [3.63, 3.8) is 0 Å². The van der Waals surface area contributed by atoms with E-state index in [2.05, 4.69) is 26.5 Å². The van der Waals surface area contributed by atoms with Crippen molar-refractivity contribution < 1.29 is 18.3 Å². The highest BCUT2D eigenvalue weighted by molar-refractivity contribution is 7.93. The predicted octanol–water partition coefficient (Wildman–Crippen LogP) is 4.84. The molecule has 0 aliphatic heterocycles. The van der Waals surface area contributed by atoms with Gasteiger partial charge in [-0.3, -0.25) is 9.71 Å². The number of sulfonamides is 1. The van der Waals surface area contributed by atoms with E-state index >= 15 is 0 Å². The van der Waals surface area contributed by atoms with Gasteiger partial charge in [0.25, 0.3) is 10.0 Å². The maximum Gasteiger partial charge on any atom is 0.354 e. The minimum Gasteiger partial charge on any atom is -0.477 e. The van der Waals surface area contributed by atoms with Crippen LogP contribution in [0.5, 0.6) is 0 Å². The van der Waals surface area contributed by atoms with Crippen molar-refractivity contribution in [3.8, 4) is 11.8 Å². The van der Waals surface area contributed by atoms with Crippen molar-refractivity contribution >= 4 is 55.8 Å². The number of halogens is 2. The van der Waals surface area contributed by atoms with Crippen molar-refractivity contribution in [1.82, 2.24) is 9.97 Å². The first-order valence-corrected chi connectivity index (χ1v) is 11.6. The predicted molar refractivity (Wildman–Crippen MR) is 126 cm³/mol. The largest absolute Gasteiger partial charge is 0.477 e. The Bertz CT molecular complexity index is 1560. The van der Waals surface area contributed by atoms with Gasteiger partial charge in [0.05, 0.1) is 21.2 Å². The van der Waals surface area contributed by atoms with Gasteiger partial charge in [-0.05, 0) is 30.3 Å². The Kier molecular flexibility index (Phi) is 6.20. The van der Waals surface area contributed by atoms with Crippen LogP contribution in [0.25, 0.3) is 10.9 Å². The molecule has 0 unspecified atom stereocenters. The van der Waals surface area contributed by atoms with Crippen molar-refractivity contribution in [2.24, 2.45) is 0 Å². The van der Waals surface area contributed by atoms with Crippen LogP contribution >= 0.6 is 23.2 Å². The van der Waals surface area contributed by atoms with Crippen LogP contribution in [0.15, 0.2) is 71.9 Å². The highest BCUT2D eigenvalue weighted by Gasteiger charge is 2.21. The number of anilines is 1. The highest BCUT2D eigenvalue weighted by Crippen LogP contribution is 2.32. The molecule has 2 heterocycles. The van der Waals surface area contributed by atoms with Gasteiger partial charge in [0, 0.05) is 28.9 Å². The van der Waals surface area contributed by atoms with Crippen molar-refractivity contribution in [3.05, 3.63) is 93.9 Å². The van der Waals surface area contributed by atoms with Gasteiger partial charge < -0.3 is 5.11 Å². The lowest BCUT2D eigenvalue weighted by Gasteiger charge is -2.12. The van der Waals surface area contributed by atoms with E-state index in [0.717, 1.165) is 0 Å². The number of pyridine rings is 2. The summed E-state index contributed by atoms with van der Waals surface area (Å²) in [4.78, 5) is 18.8. The molecule has 0 bridgehead atoms. The molecule has 164 valence electrons. The van der Waals surface area contributed by atoms with Crippen molar-refractivity contribution in [2.75, 3.05) is 4.72 Å². The molecule has 0 amide bonds. The maximum atomic E-state index is 13.2. The molecular weight excluding hydrogens is 485 g/mol. The molecule has 0 aliphatic rings. The van der Waals surface area contributed by atoms with Crippen molar-refractivity contribution in [2.45, 2.75) is 4.90 Å². The van der Waals surface area contributed by atoms with Crippen LogP contribution in [0.2, 0.25) is 10.0 Å². The van der Waals surface area contributed by atoms with Gasteiger partial charge in [-0.25, -0.2) is 18.2 Å². The third-order valence-electron chi connectivity index (χ3n) is 4.54. The second-order valence-electron chi connectivity index (χ2n) is 6.71. The smallest absolute Gasteiger partial charge is 0.354 e. The van der Waals surface area contributed by atoms with E-state index in [1.165, 1.54) is 30.6 Å². The van der Waals surface area contributed by atoms with Gasteiger partial charge in [0.1, 0.15) is 10.6 Å². The van der Waals surface area contributed by atoms with Gasteiger partial charge >= 0.3 is 5.97 Å². The monoisotopic (exact) mass is 497 g/mol. The number of fused-ring (bicyclic) bond motifs is 1. The molecule has 0 radical (unpaired) electrons. The number of benzene rings is 2. The number of aromatic carboxylic acids is 1. The summed E-state index contributed by atoms with van der Waals surface area (Å²) in [5.74, 6) is 4.60. The fraction of sp³-hybridized carbons (Fsp3) is 0. The Balaban J connectivity index is 1.70. The van der Waals surface area contributed by atoms with Gasteiger partial charge in [0.15, 0.2) is 0 Å². The van der Waals surface area contributed by atoms with E-state index in [0.29, 0.717) is 16.5 Å². The van der Waals surface area contributed by atoms with Gasteiger partial charge in [-0.2, -0.15) is 0 Å². The lowest BCUT2D eigenvalue weighted by molar-refractivity contribution is 0.0690. The van der Waals surface area contributed by atoms with E-state index in [1.54, 1.807) is 36.4 Å². The fourth-order valence-corrected chi connectivity index (χ4v) is 4.57. The minimum atomic E-state index is -4.05. The summed E-state index contributed by atoms with van der Waals surface area (Å²) in [7, 11) is -4.05. The lowest BCUT2D eigenvalue weighted by Crippen LogP contribution is -2.14. The summed E-state index contributed by atoms with van der Waals surface area (Å²) >= 11 is 12.2. The second kappa shape index (κ2) is 9.08. The number of carbonyl (C=O) groups is 1. The Morgan fingerprint density at radius 2 is 1.73 bits per heavy atom. The number of carboxylic acid groups (broad SMARTS) is 1. The number of rotatable bonds is 4. The standard InChI is InChI=1S/C23H13Cl2N3O4S/c24-17-13-27-22-16(21(17)25)5-3-7-20(22)33(31,32)28-18-6-2-1-4-15(18)10-8-14-9-11-19(23(29)30)26-12-14/h1-7,9,11-13,28H,(H,29,30). The Morgan fingerprint density at radius 3 is 2.45 bits per heavy atom. The number of aromatic nitrogens is 2. The first kappa shape index (κ1) is 22.6. The normalized spacial score (nSPS) is 11.0. The maximum absolute atomic E-state index is 13.2. The summed E-state index contributed by atoms with van der Waals surface area (Å²) in [6, 6.07) is 14.1. The Hall–Kier alpha value is -3.64. The van der Waals surface area contributed by atoms with E-state index in [9.17, 15) is 13.2 Å². The van der Waals surface area contributed by atoms with Crippen LogP contribution in [-0.2, 0) is 10.0 Å². The average Bonchev–Trinajstić information content (AvgIpc) is 2.80. The second-order valence-corrected chi connectivity index (χ2v) is 9.15. The summed E-state index contributed by atoms with van der Waals surface area (Å²) < 4.78 is 28.9. The molecule has 0 saturated heterocycles. The van der Waals surface area contributed by atoms with Gasteiger partial charge in [0.2, 0.25) is 0 Å². The molecule has 0 aliphatic carbocycles. The average molecular weight is 498 g/mol. The van der Waals surface area contributed by atoms with Crippen LogP contribution in [0.1, 0.15) is 21.6 Å². The number of hydrogen-bond donors (Lipinski definition) is 2. The molecule has 2 N–H and O–H groups in total. The van der Waals surface area contributed by atoms with Gasteiger partial charge in [-0.1, -0.05) is 59.3 Å². The van der Waals surface area contributed by atoms with E-state index in [1.807, 2.05) is 0 Å². The molecule has 0 atom stereocenters. The zero-order chi connectivity index (χ0) is 23.6. The van der Waals surface area contributed by atoms with Crippen LogP contribution in [0.4, 0.5) is 5.69 Å². The number of para-hydroxylation sites is 2. The summed E-state index contributed by atoms with van der Waals surface area (Å²) in [5.41, 5.74) is 1.24. The fourth-order valence-electron chi connectivity index (χ4n) is 2.97. The van der Waals surface area contributed by atoms with E-state index < -0.39 is 16.0 Å². The molecule has 4 aromatic rings. The Labute approximate surface area is 199 Å². The quantitative estimate of drug-likeness (QED) is 0.390. The van der Waals surface area contributed by atoms with Gasteiger partial charge in [-0.15, -0.1) is 0 Å². The SMILES string of the molecule is O=C(O)c1ccc(C#Cc2ccccc2NS(=O)(=O)c2cccc3c(Cl)c(Cl)cnc23)cn1. The van der Waals surface area contributed by atoms with Crippen LogP contribution in [-0.4, -0.2) is 29.5 Å². The highest BCUT2D eigenvalue weighted by atomic mass is 35.5. The molecule has 2 aromatic carbocycles. The Morgan fingerprint density at radius 1 is 0.939 bits per heavy atom. The minimum absolute atomic E-state index is 0.0604. The van der Waals surface area contributed by atoms with Crippen LogP contribution in [0, 0.1) is 11.8 Å². The molecule has 2 aromatic heterocycles. The molecule has 10 heteroatoms. The summed E-state index contributed by atoms with van der Waals surface area (Å²) in [6.45, 7) is 0. The topological polar surface area (TPSA) is 109 Å². The molecule has 0 spiro atoms. The summed E-state index contributed by atoms with van der Waals surface area (Å²) in [5, 5.41) is 9.78. The van der Waals surface area contributed by atoms with E-state index in [4.69, 9.17) is 28.3 Å². The first-order chi connectivity index (χ1) is 15.8. The molecular formula is C23H13Cl2N3O4S. The lowest BCUT2D eigenvalue weighted by atomic mass is 10.1. The third kappa shape index (κ3) is 4.76. The number of carboxylic acids is 1. The van der Waals surface area contributed by atoms with E-state index in [-0.39, 0.29) is 31.8 Å². The van der Waals surface area contributed by atoms with Crippen molar-refractivity contribution in [1.29, 1.82) is 0 Å². The first-order valence-electron chi connectivity index (χ1n) is 9.32.